The second-order valence-corrected chi connectivity index (χ2v) is 7.94. The van der Waals surface area contributed by atoms with Crippen molar-refractivity contribution in [3.05, 3.63) is 23.9 Å². The van der Waals surface area contributed by atoms with E-state index in [1.165, 1.54) is 32.1 Å². The summed E-state index contributed by atoms with van der Waals surface area (Å²) in [4.78, 5) is 21.9. The average molecular weight is 342 g/mol. The lowest BCUT2D eigenvalue weighted by atomic mass is 9.92. The molecule has 1 N–H and O–H groups in total. The minimum absolute atomic E-state index is 0.184. The molecule has 2 aliphatic heterocycles. The highest BCUT2D eigenvalue weighted by atomic mass is 16.2. The summed E-state index contributed by atoms with van der Waals surface area (Å²) in [6.07, 6.45) is 8.31. The summed E-state index contributed by atoms with van der Waals surface area (Å²) < 4.78 is 0. The molecule has 3 fully saturated rings. The Morgan fingerprint density at radius 1 is 1.08 bits per heavy atom. The molecule has 1 aromatic rings. The zero-order valence-corrected chi connectivity index (χ0v) is 15.3. The lowest BCUT2D eigenvalue weighted by Crippen LogP contribution is -2.54. The van der Waals surface area contributed by atoms with Gasteiger partial charge in [-0.05, 0) is 63.5 Å². The van der Waals surface area contributed by atoms with E-state index in [1.54, 1.807) is 0 Å². The number of aromatic nitrogens is 1. The number of nitrogens with one attached hydrogen (secondary N) is 1. The highest BCUT2D eigenvalue weighted by Gasteiger charge is 2.37. The number of carbonyl (C=O) groups is 1. The molecule has 0 unspecified atom stereocenters. The first-order valence-corrected chi connectivity index (χ1v) is 9.96. The van der Waals surface area contributed by atoms with Crippen LogP contribution in [0, 0.1) is 12.8 Å². The summed E-state index contributed by atoms with van der Waals surface area (Å²) in [5.74, 6) is 1.82. The van der Waals surface area contributed by atoms with Gasteiger partial charge in [0.05, 0.1) is 0 Å². The largest absolute Gasteiger partial charge is 0.356 e. The molecule has 5 heteroatoms. The Hall–Kier alpha value is -1.78. The molecule has 1 aromatic heterocycles. The molecule has 3 heterocycles. The van der Waals surface area contributed by atoms with Crippen LogP contribution >= 0.6 is 0 Å². The number of urea groups is 1. The van der Waals surface area contributed by atoms with Gasteiger partial charge in [-0.3, -0.25) is 0 Å². The molecular weight excluding hydrogens is 312 g/mol. The lowest BCUT2D eigenvalue weighted by Gasteiger charge is -2.39. The molecule has 4 rings (SSSR count). The molecule has 0 bridgehead atoms. The van der Waals surface area contributed by atoms with Crippen molar-refractivity contribution in [3.63, 3.8) is 0 Å². The van der Waals surface area contributed by atoms with Crippen LogP contribution in [0.25, 0.3) is 0 Å². The van der Waals surface area contributed by atoms with Crippen LogP contribution in [0.3, 0.4) is 0 Å². The minimum atomic E-state index is 0.184. The van der Waals surface area contributed by atoms with Gasteiger partial charge in [-0.15, -0.1) is 0 Å². The third-order valence-electron chi connectivity index (χ3n) is 6.27. The molecule has 2 atom stereocenters. The highest BCUT2D eigenvalue weighted by Crippen LogP contribution is 2.36. The summed E-state index contributed by atoms with van der Waals surface area (Å²) in [5, 5.41) is 3.32. The van der Waals surface area contributed by atoms with Crippen LogP contribution in [-0.4, -0.2) is 47.6 Å². The van der Waals surface area contributed by atoms with E-state index in [1.807, 2.05) is 13.0 Å². The summed E-state index contributed by atoms with van der Waals surface area (Å²) >= 11 is 0. The van der Waals surface area contributed by atoms with Gasteiger partial charge in [-0.1, -0.05) is 12.5 Å². The number of hydrogen-bond acceptors (Lipinski definition) is 3. The summed E-state index contributed by atoms with van der Waals surface area (Å²) in [6, 6.07) is 7.18. The number of amides is 2. The molecule has 5 nitrogen and oxygen atoms in total. The quantitative estimate of drug-likeness (QED) is 0.897. The monoisotopic (exact) mass is 342 g/mol. The Bertz CT molecular complexity index is 611. The Labute approximate surface area is 150 Å². The van der Waals surface area contributed by atoms with E-state index >= 15 is 0 Å². The van der Waals surface area contributed by atoms with Gasteiger partial charge in [-0.2, -0.15) is 0 Å². The molecule has 1 aliphatic carbocycles. The molecule has 0 spiro atoms. The maximum atomic E-state index is 12.8. The van der Waals surface area contributed by atoms with Crippen molar-refractivity contribution in [1.29, 1.82) is 0 Å². The topological polar surface area (TPSA) is 48.5 Å². The normalized spacial score (nSPS) is 27.2. The Morgan fingerprint density at radius 2 is 1.88 bits per heavy atom. The van der Waals surface area contributed by atoms with E-state index in [4.69, 9.17) is 0 Å². The molecule has 136 valence electrons. The fraction of sp³-hybridized carbons (Fsp3) is 0.700. The van der Waals surface area contributed by atoms with Crippen LogP contribution in [0.4, 0.5) is 10.6 Å². The first kappa shape index (κ1) is 16.7. The average Bonchev–Trinajstić information content (AvgIpc) is 3.11. The third-order valence-corrected chi connectivity index (χ3v) is 6.27. The van der Waals surface area contributed by atoms with Gasteiger partial charge < -0.3 is 15.1 Å². The van der Waals surface area contributed by atoms with Gasteiger partial charge in [0, 0.05) is 37.4 Å². The lowest BCUT2D eigenvalue weighted by molar-refractivity contribution is 0.125. The second-order valence-electron chi connectivity index (χ2n) is 7.94. The number of hydrogen-bond donors (Lipinski definition) is 1. The van der Waals surface area contributed by atoms with Crippen LogP contribution in [0.1, 0.15) is 50.6 Å². The highest BCUT2D eigenvalue weighted by molar-refractivity contribution is 5.75. The van der Waals surface area contributed by atoms with Crippen LogP contribution in [0.15, 0.2) is 18.2 Å². The number of pyridine rings is 1. The minimum Gasteiger partial charge on any atom is -0.356 e. The fourth-order valence-electron chi connectivity index (χ4n) is 4.92. The van der Waals surface area contributed by atoms with Crippen molar-refractivity contribution in [2.75, 3.05) is 24.5 Å². The van der Waals surface area contributed by atoms with Gasteiger partial charge in [0.15, 0.2) is 0 Å². The van der Waals surface area contributed by atoms with Crippen molar-refractivity contribution >= 4 is 11.8 Å². The fourth-order valence-corrected chi connectivity index (χ4v) is 4.92. The van der Waals surface area contributed by atoms with Crippen LogP contribution in [0.5, 0.6) is 0 Å². The van der Waals surface area contributed by atoms with Crippen LogP contribution < -0.4 is 10.2 Å². The smallest absolute Gasteiger partial charge is 0.317 e. The second kappa shape index (κ2) is 7.22. The Balaban J connectivity index is 1.30. The predicted octanol–water partition coefficient (Wildman–Crippen LogP) is 3.33. The van der Waals surface area contributed by atoms with Gasteiger partial charge in [0.25, 0.3) is 0 Å². The molecule has 25 heavy (non-hydrogen) atoms. The maximum absolute atomic E-state index is 12.8. The van der Waals surface area contributed by atoms with E-state index in [0.717, 1.165) is 49.9 Å². The van der Waals surface area contributed by atoms with E-state index < -0.39 is 0 Å². The molecule has 1 saturated carbocycles. The first-order chi connectivity index (χ1) is 12.2. The third kappa shape index (κ3) is 3.60. The number of aryl methyl sites for hydroxylation is 1. The zero-order valence-electron chi connectivity index (χ0n) is 15.3. The van der Waals surface area contributed by atoms with E-state index in [9.17, 15) is 4.79 Å². The number of carbonyl (C=O) groups excluding carboxylic acids is 1. The van der Waals surface area contributed by atoms with E-state index in [2.05, 4.69) is 32.2 Å². The Morgan fingerprint density at radius 3 is 2.68 bits per heavy atom. The van der Waals surface area contributed by atoms with Gasteiger partial charge >= 0.3 is 6.03 Å². The van der Waals surface area contributed by atoms with Gasteiger partial charge in [-0.25, -0.2) is 9.78 Å². The molecular formula is C20H30N4O. The number of piperidine rings is 2. The van der Waals surface area contributed by atoms with E-state index in [-0.39, 0.29) is 6.03 Å². The van der Waals surface area contributed by atoms with E-state index in [0.29, 0.717) is 12.1 Å². The van der Waals surface area contributed by atoms with Crippen LogP contribution in [0.2, 0.25) is 0 Å². The summed E-state index contributed by atoms with van der Waals surface area (Å²) in [5.41, 5.74) is 1.06. The maximum Gasteiger partial charge on any atom is 0.317 e. The number of fused-ring (bicyclic) bond motifs is 1. The van der Waals surface area contributed by atoms with Gasteiger partial charge in [0.2, 0.25) is 0 Å². The molecule has 2 amide bonds. The van der Waals surface area contributed by atoms with Crippen molar-refractivity contribution < 1.29 is 4.79 Å². The van der Waals surface area contributed by atoms with Crippen molar-refractivity contribution in [1.82, 2.24) is 15.2 Å². The first-order valence-electron chi connectivity index (χ1n) is 9.96. The number of rotatable bonds is 2. The van der Waals surface area contributed by atoms with Crippen molar-refractivity contribution in [3.8, 4) is 0 Å². The SMILES string of the molecule is Cc1cccc(N2CCC(NC(=O)N3CCC[C@H]4CCC[C@H]43)CC2)n1. The predicted molar refractivity (Wildman–Crippen MR) is 99.8 cm³/mol. The molecule has 0 aromatic carbocycles. The Kier molecular flexibility index (Phi) is 4.82. The van der Waals surface area contributed by atoms with Gasteiger partial charge in [0.1, 0.15) is 5.82 Å². The molecule has 0 radical (unpaired) electrons. The van der Waals surface area contributed by atoms with Crippen LogP contribution in [-0.2, 0) is 0 Å². The number of nitrogens with zero attached hydrogens (tertiary/aromatic N) is 3. The summed E-state index contributed by atoms with van der Waals surface area (Å²) in [6.45, 7) is 4.91. The number of likely N-dealkylation sites (tertiary alicyclic amines) is 1. The van der Waals surface area contributed by atoms with Crippen molar-refractivity contribution in [2.24, 2.45) is 5.92 Å². The standard InChI is InChI=1S/C20H30N4O/c1-15-5-2-9-19(21-15)23-13-10-17(11-14-23)22-20(25)24-12-4-7-16-6-3-8-18(16)24/h2,5,9,16-18H,3-4,6-8,10-14H2,1H3,(H,22,25)/t16-,18-/m1/s1. The summed E-state index contributed by atoms with van der Waals surface area (Å²) in [7, 11) is 0. The number of anilines is 1. The van der Waals surface area contributed by atoms with Crippen molar-refractivity contribution in [2.45, 2.75) is 64.0 Å². The molecule has 3 aliphatic rings. The molecule has 2 saturated heterocycles. The zero-order chi connectivity index (χ0) is 17.2.